The molecule has 0 aromatic rings. The van der Waals surface area contributed by atoms with Gasteiger partial charge >= 0.3 is 0 Å². The van der Waals surface area contributed by atoms with Crippen molar-refractivity contribution < 1.29 is 9.47 Å². The molecule has 0 saturated heterocycles. The van der Waals surface area contributed by atoms with Crippen LogP contribution in [0.15, 0.2) is 11.5 Å². The van der Waals surface area contributed by atoms with E-state index in [0.29, 0.717) is 5.76 Å². The third-order valence-electron chi connectivity index (χ3n) is 0.932. The molecule has 0 fully saturated rings. The van der Waals surface area contributed by atoms with Crippen molar-refractivity contribution in [3.63, 3.8) is 0 Å². The summed E-state index contributed by atoms with van der Waals surface area (Å²) in [7, 11) is 2.92. The van der Waals surface area contributed by atoms with Crippen LogP contribution < -0.4 is 0 Å². The topological polar surface area (TPSA) is 42.2 Å². The highest BCUT2D eigenvalue weighted by atomic mass is 16.5. The molecule has 50 valence electrons. The molecule has 0 amide bonds. The Kier molecular flexibility index (Phi) is 3.29. The number of nitriles is 1. The molecule has 0 N–H and O–H groups in total. The van der Waals surface area contributed by atoms with Crippen LogP contribution in [-0.2, 0) is 9.47 Å². The minimum Gasteiger partial charge on any atom is -0.497 e. The molecule has 0 saturated carbocycles. The molecule has 0 atom stereocenters. The average molecular weight is 127 g/mol. The summed E-state index contributed by atoms with van der Waals surface area (Å²) in [6.45, 7) is 1.67. The second-order valence-electron chi connectivity index (χ2n) is 1.41. The molecule has 3 heteroatoms. The quantitative estimate of drug-likeness (QED) is 0.411. The van der Waals surface area contributed by atoms with Crippen molar-refractivity contribution in [2.24, 2.45) is 0 Å². The molecule has 0 aromatic heterocycles. The SMILES string of the molecule is COC(C)=C(C#N)OC. The predicted molar refractivity (Wildman–Crippen MR) is 32.3 cm³/mol. The summed E-state index contributed by atoms with van der Waals surface area (Å²) < 4.78 is 9.37. The fourth-order valence-corrected chi connectivity index (χ4v) is 0.361. The minimum atomic E-state index is 0.220. The number of nitrogens with zero attached hydrogens (tertiary/aromatic N) is 1. The first-order valence-corrected chi connectivity index (χ1v) is 2.45. The van der Waals surface area contributed by atoms with Gasteiger partial charge in [-0.2, -0.15) is 5.26 Å². The zero-order valence-corrected chi connectivity index (χ0v) is 5.76. The van der Waals surface area contributed by atoms with Crippen molar-refractivity contribution in [1.29, 1.82) is 5.26 Å². The Balaban J connectivity index is 4.24. The smallest absolute Gasteiger partial charge is 0.235 e. The van der Waals surface area contributed by atoms with Crippen molar-refractivity contribution in [1.82, 2.24) is 0 Å². The Labute approximate surface area is 54.5 Å². The van der Waals surface area contributed by atoms with Crippen molar-refractivity contribution in [2.75, 3.05) is 14.2 Å². The zero-order chi connectivity index (χ0) is 7.28. The van der Waals surface area contributed by atoms with Crippen LogP contribution in [0, 0.1) is 11.3 Å². The Morgan fingerprint density at radius 2 is 1.89 bits per heavy atom. The van der Waals surface area contributed by atoms with E-state index in [-0.39, 0.29) is 5.76 Å². The Morgan fingerprint density at radius 1 is 1.33 bits per heavy atom. The summed E-state index contributed by atoms with van der Waals surface area (Å²) >= 11 is 0. The van der Waals surface area contributed by atoms with E-state index >= 15 is 0 Å². The van der Waals surface area contributed by atoms with E-state index in [4.69, 9.17) is 10.00 Å². The van der Waals surface area contributed by atoms with E-state index in [0.717, 1.165) is 0 Å². The van der Waals surface area contributed by atoms with Gasteiger partial charge in [0.2, 0.25) is 5.76 Å². The number of hydrogen-bond donors (Lipinski definition) is 0. The maximum Gasteiger partial charge on any atom is 0.235 e. The van der Waals surface area contributed by atoms with Gasteiger partial charge in [-0.3, -0.25) is 0 Å². The second-order valence-corrected chi connectivity index (χ2v) is 1.41. The fourth-order valence-electron chi connectivity index (χ4n) is 0.361. The van der Waals surface area contributed by atoms with E-state index in [1.165, 1.54) is 14.2 Å². The normalized spacial score (nSPS) is 11.3. The monoisotopic (exact) mass is 127 g/mol. The van der Waals surface area contributed by atoms with Gasteiger partial charge < -0.3 is 9.47 Å². The third kappa shape index (κ3) is 2.04. The first kappa shape index (κ1) is 7.83. The lowest BCUT2D eigenvalue weighted by Gasteiger charge is -2.00. The molecule has 0 aliphatic heterocycles. The van der Waals surface area contributed by atoms with Crippen LogP contribution in [0.25, 0.3) is 0 Å². The van der Waals surface area contributed by atoms with Crippen LogP contribution in [0.4, 0.5) is 0 Å². The highest BCUT2D eigenvalue weighted by molar-refractivity contribution is 5.15. The van der Waals surface area contributed by atoms with E-state index in [9.17, 15) is 0 Å². The van der Waals surface area contributed by atoms with Crippen LogP contribution >= 0.6 is 0 Å². The molecule has 0 unspecified atom stereocenters. The molecule has 0 bridgehead atoms. The number of methoxy groups -OCH3 is 2. The number of rotatable bonds is 2. The van der Waals surface area contributed by atoms with Gasteiger partial charge in [0.05, 0.1) is 14.2 Å². The van der Waals surface area contributed by atoms with Crippen LogP contribution in [0.1, 0.15) is 6.92 Å². The standard InChI is InChI=1S/C6H9NO2/c1-5(8-2)6(4-7)9-3/h1-3H3. The van der Waals surface area contributed by atoms with E-state index in [2.05, 4.69) is 4.74 Å². The van der Waals surface area contributed by atoms with Crippen molar-refractivity contribution in [3.8, 4) is 6.07 Å². The van der Waals surface area contributed by atoms with Gasteiger partial charge in [-0.1, -0.05) is 0 Å². The van der Waals surface area contributed by atoms with Gasteiger partial charge in [0, 0.05) is 0 Å². The first-order valence-electron chi connectivity index (χ1n) is 2.45. The Hall–Kier alpha value is -1.17. The Morgan fingerprint density at radius 3 is 2.00 bits per heavy atom. The fraction of sp³-hybridized carbons (Fsp3) is 0.500. The highest BCUT2D eigenvalue weighted by Crippen LogP contribution is 2.02. The van der Waals surface area contributed by atoms with Crippen molar-refractivity contribution in [3.05, 3.63) is 11.5 Å². The van der Waals surface area contributed by atoms with Gasteiger partial charge in [0.15, 0.2) is 0 Å². The number of allylic oxidation sites excluding steroid dienone is 2. The van der Waals surface area contributed by atoms with Gasteiger partial charge in [0.25, 0.3) is 0 Å². The average Bonchev–Trinajstić information content (AvgIpc) is 1.90. The van der Waals surface area contributed by atoms with Crippen LogP contribution in [0.2, 0.25) is 0 Å². The molecular formula is C6H9NO2. The largest absolute Gasteiger partial charge is 0.497 e. The summed E-state index contributed by atoms with van der Waals surface area (Å²) in [5.41, 5.74) is 0. The molecule has 9 heavy (non-hydrogen) atoms. The summed E-state index contributed by atoms with van der Waals surface area (Å²) in [4.78, 5) is 0. The molecule has 0 aliphatic carbocycles. The first-order chi connectivity index (χ1) is 4.26. The second kappa shape index (κ2) is 3.79. The lowest BCUT2D eigenvalue weighted by atomic mass is 10.4. The Bertz CT molecular complexity index is 155. The number of ether oxygens (including phenoxy) is 2. The highest BCUT2D eigenvalue weighted by Gasteiger charge is 1.98. The van der Waals surface area contributed by atoms with Gasteiger partial charge in [-0.15, -0.1) is 0 Å². The molecule has 3 nitrogen and oxygen atoms in total. The molecule has 0 radical (unpaired) electrons. The van der Waals surface area contributed by atoms with Crippen LogP contribution in [0.3, 0.4) is 0 Å². The minimum absolute atomic E-state index is 0.220. The van der Waals surface area contributed by atoms with Crippen molar-refractivity contribution in [2.45, 2.75) is 6.92 Å². The van der Waals surface area contributed by atoms with Gasteiger partial charge in [0.1, 0.15) is 11.8 Å². The third-order valence-corrected chi connectivity index (χ3v) is 0.932. The molecule has 0 aromatic carbocycles. The lowest BCUT2D eigenvalue weighted by molar-refractivity contribution is 0.234. The maximum absolute atomic E-state index is 8.31. The van der Waals surface area contributed by atoms with Crippen LogP contribution in [0.5, 0.6) is 0 Å². The molecule has 0 heterocycles. The predicted octanol–water partition coefficient (Wildman–Crippen LogP) is 1.03. The lowest BCUT2D eigenvalue weighted by Crippen LogP contribution is -1.90. The molecule has 0 aliphatic rings. The molecular weight excluding hydrogens is 118 g/mol. The van der Waals surface area contributed by atoms with Crippen LogP contribution in [-0.4, -0.2) is 14.2 Å². The van der Waals surface area contributed by atoms with Crippen molar-refractivity contribution >= 4 is 0 Å². The van der Waals surface area contributed by atoms with Gasteiger partial charge in [-0.25, -0.2) is 0 Å². The summed E-state index contributed by atoms with van der Waals surface area (Å²) in [6.07, 6.45) is 0. The van der Waals surface area contributed by atoms with Gasteiger partial charge in [-0.05, 0) is 6.92 Å². The maximum atomic E-state index is 8.31. The van der Waals surface area contributed by atoms with E-state index in [1.807, 2.05) is 6.07 Å². The zero-order valence-electron chi connectivity index (χ0n) is 5.76. The van der Waals surface area contributed by atoms with E-state index in [1.54, 1.807) is 6.92 Å². The van der Waals surface area contributed by atoms with E-state index < -0.39 is 0 Å². The molecule has 0 spiro atoms. The molecule has 0 rings (SSSR count). The summed E-state index contributed by atoms with van der Waals surface area (Å²) in [5.74, 6) is 0.720. The number of hydrogen-bond acceptors (Lipinski definition) is 3. The summed E-state index contributed by atoms with van der Waals surface area (Å²) in [6, 6.07) is 1.83. The summed E-state index contributed by atoms with van der Waals surface area (Å²) in [5, 5.41) is 8.31.